The minimum absolute atomic E-state index is 0.0105. The van der Waals surface area contributed by atoms with Crippen molar-refractivity contribution in [2.45, 2.75) is 25.4 Å². The number of para-hydroxylation sites is 1. The lowest BCUT2D eigenvalue weighted by atomic mass is 9.85. The molecule has 3 heteroatoms. The van der Waals surface area contributed by atoms with Gasteiger partial charge in [-0.3, -0.25) is 0 Å². The first-order valence-electron chi connectivity index (χ1n) is 7.90. The normalized spacial score (nSPS) is 17.0. The number of fused-ring (bicyclic) bond motifs is 2. The minimum Gasteiger partial charge on any atom is -0.507 e. The second kappa shape index (κ2) is 5.51. The molecule has 3 aromatic rings. The maximum absolute atomic E-state index is 10.6. The Balaban J connectivity index is 1.72. The maximum atomic E-state index is 10.6. The fourth-order valence-electron chi connectivity index (χ4n) is 3.42. The van der Waals surface area contributed by atoms with E-state index >= 15 is 0 Å². The van der Waals surface area contributed by atoms with Crippen LogP contribution in [-0.4, -0.2) is 16.3 Å². The molecule has 0 spiro atoms. The summed E-state index contributed by atoms with van der Waals surface area (Å²) in [5.74, 6) is 1.41. The molecule has 0 aromatic heterocycles. The Kier molecular flexibility index (Phi) is 3.34. The molecule has 0 heterocycles. The first-order chi connectivity index (χ1) is 11.2. The quantitative estimate of drug-likeness (QED) is 0.698. The van der Waals surface area contributed by atoms with Crippen molar-refractivity contribution in [1.29, 1.82) is 0 Å². The average molecular weight is 306 g/mol. The van der Waals surface area contributed by atoms with Crippen LogP contribution in [0.15, 0.2) is 54.6 Å². The van der Waals surface area contributed by atoms with Crippen molar-refractivity contribution in [2.75, 3.05) is 0 Å². The highest BCUT2D eigenvalue weighted by molar-refractivity contribution is 5.95. The monoisotopic (exact) mass is 306 g/mol. The molecule has 116 valence electrons. The number of ether oxygens (including phenoxy) is 1. The first kappa shape index (κ1) is 13.9. The van der Waals surface area contributed by atoms with Crippen molar-refractivity contribution in [3.05, 3.63) is 65.7 Å². The Bertz CT molecular complexity index is 856. The molecule has 3 aromatic carbocycles. The fourth-order valence-corrected chi connectivity index (χ4v) is 3.42. The van der Waals surface area contributed by atoms with Crippen molar-refractivity contribution in [1.82, 2.24) is 0 Å². The van der Waals surface area contributed by atoms with Crippen LogP contribution in [0.25, 0.3) is 10.8 Å². The van der Waals surface area contributed by atoms with Crippen molar-refractivity contribution in [3.8, 4) is 17.2 Å². The second-order valence-corrected chi connectivity index (χ2v) is 6.00. The van der Waals surface area contributed by atoms with Gasteiger partial charge in [-0.05, 0) is 25.0 Å². The zero-order valence-electron chi connectivity index (χ0n) is 12.7. The molecule has 0 amide bonds. The van der Waals surface area contributed by atoms with Gasteiger partial charge in [0.05, 0.1) is 0 Å². The van der Waals surface area contributed by atoms with E-state index in [9.17, 15) is 10.2 Å². The SMILES string of the molecule is Oc1c2c(c(O)c3ccccc13)CC(Oc1ccccc1)CC2. The Morgan fingerprint density at radius 3 is 2.09 bits per heavy atom. The molecular weight excluding hydrogens is 288 g/mol. The third-order valence-electron chi connectivity index (χ3n) is 4.57. The summed E-state index contributed by atoms with van der Waals surface area (Å²) in [6.45, 7) is 0. The van der Waals surface area contributed by atoms with Gasteiger partial charge in [-0.15, -0.1) is 0 Å². The highest BCUT2D eigenvalue weighted by Crippen LogP contribution is 2.43. The van der Waals surface area contributed by atoms with Gasteiger partial charge in [0.2, 0.25) is 0 Å². The van der Waals surface area contributed by atoms with Crippen LogP contribution in [0.4, 0.5) is 0 Å². The molecule has 0 aliphatic heterocycles. The highest BCUT2D eigenvalue weighted by Gasteiger charge is 2.27. The second-order valence-electron chi connectivity index (χ2n) is 6.00. The number of benzene rings is 3. The third-order valence-corrected chi connectivity index (χ3v) is 4.57. The van der Waals surface area contributed by atoms with E-state index < -0.39 is 0 Å². The summed E-state index contributed by atoms with van der Waals surface area (Å²) in [5, 5.41) is 22.6. The molecule has 2 N–H and O–H groups in total. The minimum atomic E-state index is 0.0105. The van der Waals surface area contributed by atoms with E-state index in [0.717, 1.165) is 23.3 Å². The van der Waals surface area contributed by atoms with Crippen LogP contribution in [0, 0.1) is 0 Å². The molecule has 1 aliphatic carbocycles. The van der Waals surface area contributed by atoms with Gasteiger partial charge in [-0.25, -0.2) is 0 Å². The zero-order valence-corrected chi connectivity index (χ0v) is 12.7. The molecule has 0 radical (unpaired) electrons. The predicted molar refractivity (Wildman–Crippen MR) is 90.2 cm³/mol. The topological polar surface area (TPSA) is 49.7 Å². The summed E-state index contributed by atoms with van der Waals surface area (Å²) < 4.78 is 6.03. The molecule has 1 aliphatic rings. The smallest absolute Gasteiger partial charge is 0.127 e. The molecule has 1 unspecified atom stereocenters. The Labute approximate surface area is 134 Å². The molecular formula is C20H18O3. The van der Waals surface area contributed by atoms with Crippen LogP contribution < -0.4 is 4.74 Å². The van der Waals surface area contributed by atoms with Crippen LogP contribution in [0.2, 0.25) is 0 Å². The lowest BCUT2D eigenvalue weighted by Crippen LogP contribution is -2.25. The number of phenols is 2. The van der Waals surface area contributed by atoms with Crippen LogP contribution in [0.5, 0.6) is 17.2 Å². The first-order valence-corrected chi connectivity index (χ1v) is 7.90. The van der Waals surface area contributed by atoms with Crippen molar-refractivity contribution in [2.24, 2.45) is 0 Å². The summed E-state index contributed by atoms with van der Waals surface area (Å²) >= 11 is 0. The van der Waals surface area contributed by atoms with E-state index in [-0.39, 0.29) is 11.9 Å². The summed E-state index contributed by atoms with van der Waals surface area (Å²) in [6, 6.07) is 17.2. The van der Waals surface area contributed by atoms with Crippen molar-refractivity contribution >= 4 is 10.8 Å². The van der Waals surface area contributed by atoms with Gasteiger partial charge in [-0.1, -0.05) is 42.5 Å². The molecule has 0 saturated carbocycles. The number of rotatable bonds is 2. The highest BCUT2D eigenvalue weighted by atomic mass is 16.5. The van der Waals surface area contributed by atoms with Crippen LogP contribution in [-0.2, 0) is 12.8 Å². The van der Waals surface area contributed by atoms with Gasteiger partial charge in [0.1, 0.15) is 23.4 Å². The van der Waals surface area contributed by atoms with Gasteiger partial charge < -0.3 is 14.9 Å². The average Bonchev–Trinajstić information content (AvgIpc) is 2.60. The third kappa shape index (κ3) is 2.38. The Morgan fingerprint density at radius 1 is 0.783 bits per heavy atom. The molecule has 0 fully saturated rings. The van der Waals surface area contributed by atoms with Crippen LogP contribution in [0.1, 0.15) is 17.5 Å². The lowest BCUT2D eigenvalue weighted by molar-refractivity contribution is 0.182. The van der Waals surface area contributed by atoms with E-state index in [0.29, 0.717) is 29.4 Å². The van der Waals surface area contributed by atoms with Crippen molar-refractivity contribution < 1.29 is 14.9 Å². The van der Waals surface area contributed by atoms with Crippen molar-refractivity contribution in [3.63, 3.8) is 0 Å². The summed E-state index contributed by atoms with van der Waals surface area (Å²) in [7, 11) is 0. The summed E-state index contributed by atoms with van der Waals surface area (Å²) in [6.07, 6.45) is 2.15. The van der Waals surface area contributed by atoms with E-state index in [4.69, 9.17) is 4.74 Å². The van der Waals surface area contributed by atoms with Gasteiger partial charge in [-0.2, -0.15) is 0 Å². The van der Waals surface area contributed by atoms with E-state index in [1.807, 2.05) is 54.6 Å². The number of hydrogen-bond donors (Lipinski definition) is 2. The van der Waals surface area contributed by atoms with Crippen LogP contribution >= 0.6 is 0 Å². The Hall–Kier alpha value is -2.68. The van der Waals surface area contributed by atoms with Crippen LogP contribution in [0.3, 0.4) is 0 Å². The maximum Gasteiger partial charge on any atom is 0.127 e. The number of phenolic OH excluding ortho intramolecular Hbond substituents is 2. The number of aromatic hydroxyl groups is 2. The molecule has 4 rings (SSSR count). The van der Waals surface area contributed by atoms with E-state index in [1.54, 1.807) is 0 Å². The van der Waals surface area contributed by atoms with Gasteiger partial charge in [0, 0.05) is 28.3 Å². The largest absolute Gasteiger partial charge is 0.507 e. The summed E-state index contributed by atoms with van der Waals surface area (Å²) in [5.41, 5.74) is 1.67. The molecule has 1 atom stereocenters. The van der Waals surface area contributed by atoms with Gasteiger partial charge >= 0.3 is 0 Å². The standard InChI is InChI=1S/C20H18O3/c21-19-15-8-4-5-9-16(15)20(22)18-12-14(10-11-17(18)19)23-13-6-2-1-3-7-13/h1-9,14,21-22H,10-12H2. The van der Waals surface area contributed by atoms with E-state index in [1.165, 1.54) is 0 Å². The molecule has 23 heavy (non-hydrogen) atoms. The fraction of sp³-hybridized carbons (Fsp3) is 0.200. The predicted octanol–water partition coefficient (Wildman–Crippen LogP) is 4.19. The van der Waals surface area contributed by atoms with Gasteiger partial charge in [0.25, 0.3) is 0 Å². The Morgan fingerprint density at radius 2 is 1.39 bits per heavy atom. The zero-order chi connectivity index (χ0) is 15.8. The van der Waals surface area contributed by atoms with E-state index in [2.05, 4.69) is 0 Å². The molecule has 0 saturated heterocycles. The summed E-state index contributed by atoms with van der Waals surface area (Å²) in [4.78, 5) is 0. The molecule has 3 nitrogen and oxygen atoms in total. The number of hydrogen-bond acceptors (Lipinski definition) is 3. The lowest BCUT2D eigenvalue weighted by Gasteiger charge is -2.27. The molecule has 0 bridgehead atoms. The van der Waals surface area contributed by atoms with Gasteiger partial charge in [0.15, 0.2) is 0 Å².